The molecule has 0 aliphatic carbocycles. The van der Waals surface area contributed by atoms with Gasteiger partial charge < -0.3 is 9.30 Å². The van der Waals surface area contributed by atoms with Gasteiger partial charge in [-0.05, 0) is 73.3 Å². The third-order valence-electron chi connectivity index (χ3n) is 4.45. The van der Waals surface area contributed by atoms with Crippen molar-refractivity contribution in [3.05, 3.63) is 43.8 Å². The van der Waals surface area contributed by atoms with Gasteiger partial charge in [-0.15, -0.1) is 11.3 Å². The van der Waals surface area contributed by atoms with Gasteiger partial charge >= 0.3 is 5.97 Å². The average molecular weight is 424 g/mol. The number of thiophene rings is 1. The van der Waals surface area contributed by atoms with Gasteiger partial charge in [0.25, 0.3) is 0 Å². The first-order valence-corrected chi connectivity index (χ1v) is 10.2. The molecule has 0 aromatic carbocycles. The minimum atomic E-state index is -0.291. The molecule has 0 saturated carbocycles. The van der Waals surface area contributed by atoms with Gasteiger partial charge in [0.2, 0.25) is 5.78 Å². The number of halogens is 1. The Morgan fingerprint density at radius 1 is 1.32 bits per heavy atom. The summed E-state index contributed by atoms with van der Waals surface area (Å²) in [7, 11) is 0. The van der Waals surface area contributed by atoms with Gasteiger partial charge in [-0.1, -0.05) is 6.42 Å². The van der Waals surface area contributed by atoms with E-state index in [0.717, 1.165) is 40.9 Å². The maximum absolute atomic E-state index is 13.0. The molecular formula is C19H22BrNO3S. The van der Waals surface area contributed by atoms with Crippen LogP contribution in [0.25, 0.3) is 0 Å². The third kappa shape index (κ3) is 3.75. The molecule has 0 bridgehead atoms. The summed E-state index contributed by atoms with van der Waals surface area (Å²) >= 11 is 4.86. The number of carbonyl (C=O) groups excluding carboxylic acids is 2. The quantitative estimate of drug-likeness (QED) is 0.509. The zero-order chi connectivity index (χ0) is 18.1. The summed E-state index contributed by atoms with van der Waals surface area (Å²) in [6.45, 7) is 6.44. The second kappa shape index (κ2) is 7.46. The minimum Gasteiger partial charge on any atom is -0.462 e. The molecule has 0 saturated heterocycles. The SMILES string of the molecule is Cc1cc2n(c1C(=O)c1ccc(Br)s1)CCCCC2C(=O)OC(C)C. The molecule has 2 aromatic heterocycles. The van der Waals surface area contributed by atoms with Crippen LogP contribution in [0.4, 0.5) is 0 Å². The van der Waals surface area contributed by atoms with E-state index in [2.05, 4.69) is 15.9 Å². The molecular weight excluding hydrogens is 402 g/mol. The van der Waals surface area contributed by atoms with Gasteiger partial charge in [0.15, 0.2) is 0 Å². The Hall–Kier alpha value is -1.40. The highest BCUT2D eigenvalue weighted by Crippen LogP contribution is 2.34. The average Bonchev–Trinajstić information content (AvgIpc) is 3.03. The van der Waals surface area contributed by atoms with Gasteiger partial charge in [-0.2, -0.15) is 0 Å². The summed E-state index contributed by atoms with van der Waals surface area (Å²) < 4.78 is 8.44. The van der Waals surface area contributed by atoms with Gasteiger partial charge in [0.1, 0.15) is 0 Å². The van der Waals surface area contributed by atoms with E-state index in [4.69, 9.17) is 4.74 Å². The first-order chi connectivity index (χ1) is 11.9. The van der Waals surface area contributed by atoms with E-state index in [-0.39, 0.29) is 23.8 Å². The van der Waals surface area contributed by atoms with Crippen LogP contribution >= 0.6 is 27.3 Å². The molecule has 25 heavy (non-hydrogen) atoms. The summed E-state index contributed by atoms with van der Waals surface area (Å²) in [6.07, 6.45) is 2.55. The molecule has 4 nitrogen and oxygen atoms in total. The highest BCUT2D eigenvalue weighted by molar-refractivity contribution is 9.11. The van der Waals surface area contributed by atoms with Crippen LogP contribution in [0.3, 0.4) is 0 Å². The van der Waals surface area contributed by atoms with Crippen LogP contribution in [0, 0.1) is 6.92 Å². The van der Waals surface area contributed by atoms with Crippen LogP contribution < -0.4 is 0 Å². The third-order valence-corrected chi connectivity index (χ3v) is 6.07. The molecule has 0 amide bonds. The fourth-order valence-electron chi connectivity index (χ4n) is 3.41. The van der Waals surface area contributed by atoms with Gasteiger partial charge in [0, 0.05) is 12.2 Å². The number of esters is 1. The number of hydrogen-bond acceptors (Lipinski definition) is 4. The maximum Gasteiger partial charge on any atom is 0.315 e. The number of ether oxygens (including phenoxy) is 1. The molecule has 0 spiro atoms. The molecule has 1 aliphatic heterocycles. The van der Waals surface area contributed by atoms with Crippen molar-refractivity contribution >= 4 is 39.0 Å². The van der Waals surface area contributed by atoms with Crippen LogP contribution in [0.15, 0.2) is 22.0 Å². The number of nitrogens with zero attached hydrogens (tertiary/aromatic N) is 1. The maximum atomic E-state index is 13.0. The van der Waals surface area contributed by atoms with Crippen molar-refractivity contribution in [2.24, 2.45) is 0 Å². The largest absolute Gasteiger partial charge is 0.462 e. The topological polar surface area (TPSA) is 48.3 Å². The number of rotatable bonds is 4. The minimum absolute atomic E-state index is 0.0253. The lowest BCUT2D eigenvalue weighted by atomic mass is 9.99. The van der Waals surface area contributed by atoms with Crippen molar-refractivity contribution in [2.45, 2.75) is 58.6 Å². The normalized spacial score (nSPS) is 17.2. The van der Waals surface area contributed by atoms with E-state index in [1.807, 2.05) is 43.5 Å². The number of ketones is 1. The van der Waals surface area contributed by atoms with Gasteiger partial charge in [-0.25, -0.2) is 0 Å². The van der Waals surface area contributed by atoms with E-state index in [1.165, 1.54) is 11.3 Å². The summed E-state index contributed by atoms with van der Waals surface area (Å²) in [5, 5.41) is 0. The summed E-state index contributed by atoms with van der Waals surface area (Å²) in [5.41, 5.74) is 2.54. The van der Waals surface area contributed by atoms with E-state index < -0.39 is 0 Å². The van der Waals surface area contributed by atoms with Crippen molar-refractivity contribution in [3.8, 4) is 0 Å². The zero-order valence-electron chi connectivity index (χ0n) is 14.7. The lowest BCUT2D eigenvalue weighted by Crippen LogP contribution is -2.21. The number of hydrogen-bond donors (Lipinski definition) is 0. The van der Waals surface area contributed by atoms with Crippen molar-refractivity contribution in [1.82, 2.24) is 4.57 Å². The number of aryl methyl sites for hydroxylation is 1. The fourth-order valence-corrected chi connectivity index (χ4v) is 4.74. The van der Waals surface area contributed by atoms with Crippen molar-refractivity contribution < 1.29 is 14.3 Å². The molecule has 134 valence electrons. The van der Waals surface area contributed by atoms with Crippen LogP contribution in [0.2, 0.25) is 0 Å². The van der Waals surface area contributed by atoms with Crippen LogP contribution in [0.5, 0.6) is 0 Å². The molecule has 1 unspecified atom stereocenters. The Bertz CT molecular complexity index is 806. The molecule has 3 heterocycles. The first-order valence-electron chi connectivity index (χ1n) is 8.59. The Kier molecular flexibility index (Phi) is 5.49. The van der Waals surface area contributed by atoms with E-state index in [0.29, 0.717) is 10.6 Å². The molecule has 1 aliphatic rings. The predicted octanol–water partition coefficient (Wildman–Crippen LogP) is 5.07. The van der Waals surface area contributed by atoms with Gasteiger partial charge in [0.05, 0.1) is 26.4 Å². The molecule has 3 rings (SSSR count). The standard InChI is InChI=1S/C19H22BrNO3S/c1-11(2)24-19(23)13-6-4-5-9-21-14(13)10-12(3)17(21)18(22)15-7-8-16(20)25-15/h7-8,10-11,13H,4-6,9H2,1-3H3. The monoisotopic (exact) mass is 423 g/mol. The number of fused-ring (bicyclic) bond motifs is 1. The second-order valence-electron chi connectivity index (χ2n) is 6.72. The predicted molar refractivity (Wildman–Crippen MR) is 102 cm³/mol. The zero-order valence-corrected chi connectivity index (χ0v) is 17.1. The van der Waals surface area contributed by atoms with Crippen LogP contribution in [-0.4, -0.2) is 22.4 Å². The summed E-state index contributed by atoms with van der Waals surface area (Å²) in [4.78, 5) is 26.3. The van der Waals surface area contributed by atoms with Crippen LogP contribution in [-0.2, 0) is 16.1 Å². The Balaban J connectivity index is 2.02. The highest BCUT2D eigenvalue weighted by atomic mass is 79.9. The lowest BCUT2D eigenvalue weighted by Gasteiger charge is -2.17. The Morgan fingerprint density at radius 3 is 2.72 bits per heavy atom. The molecule has 6 heteroatoms. The second-order valence-corrected chi connectivity index (χ2v) is 9.18. The Labute approximate surface area is 160 Å². The molecule has 0 radical (unpaired) electrons. The van der Waals surface area contributed by atoms with Crippen molar-refractivity contribution in [3.63, 3.8) is 0 Å². The lowest BCUT2D eigenvalue weighted by molar-refractivity contribution is -0.149. The van der Waals surface area contributed by atoms with E-state index in [9.17, 15) is 9.59 Å². The number of aromatic nitrogens is 1. The fraction of sp³-hybridized carbons (Fsp3) is 0.474. The molecule has 0 N–H and O–H groups in total. The van der Waals surface area contributed by atoms with Gasteiger partial charge in [-0.3, -0.25) is 9.59 Å². The van der Waals surface area contributed by atoms with Crippen molar-refractivity contribution in [2.75, 3.05) is 0 Å². The molecule has 0 fully saturated rings. The molecule has 1 atom stereocenters. The highest BCUT2D eigenvalue weighted by Gasteiger charge is 2.31. The number of carbonyl (C=O) groups is 2. The van der Waals surface area contributed by atoms with E-state index in [1.54, 1.807) is 0 Å². The summed E-state index contributed by atoms with van der Waals surface area (Å²) in [6, 6.07) is 5.73. The van der Waals surface area contributed by atoms with Crippen molar-refractivity contribution in [1.29, 1.82) is 0 Å². The molecule has 2 aromatic rings. The van der Waals surface area contributed by atoms with E-state index >= 15 is 0 Å². The Morgan fingerprint density at radius 2 is 2.08 bits per heavy atom. The first kappa shape index (κ1) is 18.4. The van der Waals surface area contributed by atoms with Crippen LogP contribution in [0.1, 0.15) is 65.7 Å². The smallest absolute Gasteiger partial charge is 0.315 e. The summed E-state index contributed by atoms with van der Waals surface area (Å²) in [5.74, 6) is -0.453.